The van der Waals surface area contributed by atoms with Crippen molar-refractivity contribution in [2.45, 2.75) is 51.1 Å². The van der Waals surface area contributed by atoms with Crippen LogP contribution in [-0.4, -0.2) is 41.9 Å². The fourth-order valence-electron chi connectivity index (χ4n) is 2.89. The number of hydrogen-bond donors (Lipinski definition) is 3. The molecule has 2 rings (SSSR count). The highest BCUT2D eigenvalue weighted by atomic mass is 16.5. The Morgan fingerprint density at radius 2 is 2.05 bits per heavy atom. The molecule has 1 heterocycles. The number of nitrogens with one attached hydrogen (secondary N) is 2. The fourth-order valence-corrected chi connectivity index (χ4v) is 2.89. The first-order chi connectivity index (χ1) is 8.86. The molecule has 108 valence electrons. The Morgan fingerprint density at radius 1 is 1.32 bits per heavy atom. The molecule has 1 saturated heterocycles. The highest BCUT2D eigenvalue weighted by Crippen LogP contribution is 2.37. The molecule has 0 spiro atoms. The molecule has 0 bridgehead atoms. The van der Waals surface area contributed by atoms with Crippen molar-refractivity contribution < 1.29 is 19.4 Å². The van der Waals surface area contributed by atoms with Gasteiger partial charge in [-0.25, -0.2) is 9.59 Å². The lowest BCUT2D eigenvalue weighted by atomic mass is 9.87. The highest BCUT2D eigenvalue weighted by molar-refractivity contribution is 5.86. The lowest BCUT2D eigenvalue weighted by Gasteiger charge is -2.30. The molecule has 0 aromatic carbocycles. The van der Waals surface area contributed by atoms with Crippen molar-refractivity contribution in [1.82, 2.24) is 10.6 Å². The second-order valence-electron chi connectivity index (χ2n) is 6.22. The van der Waals surface area contributed by atoms with Gasteiger partial charge in [-0.15, -0.1) is 0 Å². The van der Waals surface area contributed by atoms with E-state index >= 15 is 0 Å². The quantitative estimate of drug-likeness (QED) is 0.717. The zero-order chi connectivity index (χ0) is 14.1. The molecule has 6 heteroatoms. The summed E-state index contributed by atoms with van der Waals surface area (Å²) < 4.78 is 5.11. The van der Waals surface area contributed by atoms with Gasteiger partial charge in [0, 0.05) is 19.1 Å². The smallest absolute Gasteiger partial charge is 0.332 e. The van der Waals surface area contributed by atoms with E-state index in [0.29, 0.717) is 13.0 Å². The second-order valence-corrected chi connectivity index (χ2v) is 6.22. The molecule has 2 aliphatic rings. The maximum Gasteiger partial charge on any atom is 0.332 e. The lowest BCUT2D eigenvalue weighted by molar-refractivity contribution is -0.144. The summed E-state index contributed by atoms with van der Waals surface area (Å²) in [5.41, 5.74) is -1.20. The van der Waals surface area contributed by atoms with Gasteiger partial charge >= 0.3 is 12.0 Å². The van der Waals surface area contributed by atoms with Crippen LogP contribution in [-0.2, 0) is 9.53 Å². The van der Waals surface area contributed by atoms with Gasteiger partial charge in [0.05, 0.1) is 6.61 Å². The number of carboxylic acids is 1. The molecule has 2 amide bonds. The van der Waals surface area contributed by atoms with Crippen molar-refractivity contribution in [2.75, 3.05) is 13.2 Å². The molecular weight excluding hydrogens is 248 g/mol. The Kier molecular flexibility index (Phi) is 3.71. The first kappa shape index (κ1) is 14.1. The van der Waals surface area contributed by atoms with E-state index in [9.17, 15) is 14.7 Å². The van der Waals surface area contributed by atoms with Crippen LogP contribution in [0.2, 0.25) is 0 Å². The Balaban J connectivity index is 1.95. The van der Waals surface area contributed by atoms with Crippen molar-refractivity contribution >= 4 is 12.0 Å². The number of amides is 2. The zero-order valence-electron chi connectivity index (χ0n) is 11.5. The Morgan fingerprint density at radius 3 is 2.53 bits per heavy atom. The van der Waals surface area contributed by atoms with Gasteiger partial charge in [-0.2, -0.15) is 0 Å². The number of hydrogen-bond acceptors (Lipinski definition) is 3. The van der Waals surface area contributed by atoms with Crippen LogP contribution in [0.15, 0.2) is 0 Å². The third-order valence-electron chi connectivity index (χ3n) is 4.35. The minimum Gasteiger partial charge on any atom is -0.479 e. The van der Waals surface area contributed by atoms with Gasteiger partial charge in [-0.3, -0.25) is 0 Å². The summed E-state index contributed by atoms with van der Waals surface area (Å²) >= 11 is 0. The van der Waals surface area contributed by atoms with Crippen LogP contribution in [0.4, 0.5) is 4.79 Å². The van der Waals surface area contributed by atoms with Crippen molar-refractivity contribution in [1.29, 1.82) is 0 Å². The molecule has 2 atom stereocenters. The van der Waals surface area contributed by atoms with E-state index < -0.39 is 17.5 Å². The average Bonchev–Trinajstić information content (AvgIpc) is 2.88. The maximum absolute atomic E-state index is 12.0. The number of carbonyl (C=O) groups excluding carboxylic acids is 1. The van der Waals surface area contributed by atoms with Gasteiger partial charge in [0.15, 0.2) is 5.54 Å². The third-order valence-corrected chi connectivity index (χ3v) is 4.35. The van der Waals surface area contributed by atoms with E-state index in [2.05, 4.69) is 24.5 Å². The first-order valence-electron chi connectivity index (χ1n) is 6.76. The van der Waals surface area contributed by atoms with E-state index in [4.69, 9.17) is 4.74 Å². The Labute approximate surface area is 112 Å². The number of urea groups is 1. The molecular formula is C13H22N2O4. The van der Waals surface area contributed by atoms with Crippen molar-refractivity contribution in [3.05, 3.63) is 0 Å². The van der Waals surface area contributed by atoms with Crippen LogP contribution < -0.4 is 10.6 Å². The van der Waals surface area contributed by atoms with Crippen molar-refractivity contribution in [3.8, 4) is 0 Å². The predicted octanol–water partition coefficient (Wildman–Crippen LogP) is 1.11. The highest BCUT2D eigenvalue weighted by Gasteiger charge is 2.45. The lowest BCUT2D eigenvalue weighted by Crippen LogP contribution is -2.59. The summed E-state index contributed by atoms with van der Waals surface area (Å²) in [6, 6.07) is -0.312. The summed E-state index contributed by atoms with van der Waals surface area (Å²) in [4.78, 5) is 23.3. The molecule has 3 N–H and O–H groups in total. The second kappa shape index (κ2) is 5.00. The molecule has 1 aliphatic heterocycles. The minimum atomic E-state index is -1.27. The molecule has 6 nitrogen and oxygen atoms in total. The molecule has 2 fully saturated rings. The predicted molar refractivity (Wildman–Crippen MR) is 68.9 cm³/mol. The number of ether oxygens (including phenoxy) is 1. The average molecular weight is 270 g/mol. The molecule has 0 aromatic heterocycles. The summed E-state index contributed by atoms with van der Waals surface area (Å²) in [6.45, 7) is 4.64. The Bertz CT molecular complexity index is 375. The van der Waals surface area contributed by atoms with Gasteiger partial charge in [0.25, 0.3) is 0 Å². The Hall–Kier alpha value is -1.30. The summed E-state index contributed by atoms with van der Waals surface area (Å²) in [7, 11) is 0. The number of carboxylic acid groups (broad SMARTS) is 1. The maximum atomic E-state index is 12.0. The van der Waals surface area contributed by atoms with Crippen LogP contribution in [0.5, 0.6) is 0 Å². The monoisotopic (exact) mass is 270 g/mol. The van der Waals surface area contributed by atoms with Gasteiger partial charge in [-0.1, -0.05) is 20.3 Å². The molecule has 2 unspecified atom stereocenters. The summed E-state index contributed by atoms with van der Waals surface area (Å²) in [5, 5.41) is 14.7. The zero-order valence-corrected chi connectivity index (χ0v) is 11.5. The molecule has 1 saturated carbocycles. The normalized spacial score (nSPS) is 33.1. The fraction of sp³-hybridized carbons (Fsp3) is 0.846. The van der Waals surface area contributed by atoms with Gasteiger partial charge in [0.1, 0.15) is 0 Å². The van der Waals surface area contributed by atoms with E-state index in [1.54, 1.807) is 0 Å². The van der Waals surface area contributed by atoms with E-state index in [-0.39, 0.29) is 18.1 Å². The van der Waals surface area contributed by atoms with E-state index in [0.717, 1.165) is 19.3 Å². The van der Waals surface area contributed by atoms with Crippen molar-refractivity contribution in [2.24, 2.45) is 5.41 Å². The first-order valence-corrected chi connectivity index (χ1v) is 6.76. The van der Waals surface area contributed by atoms with Crippen LogP contribution in [0.25, 0.3) is 0 Å². The van der Waals surface area contributed by atoms with Gasteiger partial charge in [-0.05, 0) is 18.3 Å². The number of carbonyl (C=O) groups is 2. The summed E-state index contributed by atoms with van der Waals surface area (Å²) in [5.74, 6) is -1.04. The molecule has 0 radical (unpaired) electrons. The van der Waals surface area contributed by atoms with Crippen LogP contribution in [0.1, 0.15) is 39.5 Å². The molecule has 0 aromatic rings. The van der Waals surface area contributed by atoms with Crippen LogP contribution in [0, 0.1) is 5.41 Å². The standard InChI is InChI=1S/C13H22N2O4/c1-12(2)5-3-4-9(12)14-11(18)15-13(10(16)17)6-7-19-8-13/h9H,3-8H2,1-2H3,(H,16,17)(H2,14,15,18). The van der Waals surface area contributed by atoms with Gasteiger partial charge < -0.3 is 20.5 Å². The van der Waals surface area contributed by atoms with Gasteiger partial charge in [0.2, 0.25) is 0 Å². The minimum absolute atomic E-state index is 0.0316. The topological polar surface area (TPSA) is 87.7 Å². The van der Waals surface area contributed by atoms with Crippen LogP contribution in [0.3, 0.4) is 0 Å². The van der Waals surface area contributed by atoms with E-state index in [1.807, 2.05) is 0 Å². The largest absolute Gasteiger partial charge is 0.479 e. The number of rotatable bonds is 3. The molecule has 1 aliphatic carbocycles. The SMILES string of the molecule is CC1(C)CCCC1NC(=O)NC1(C(=O)O)CCOC1. The third kappa shape index (κ3) is 2.83. The summed E-state index contributed by atoms with van der Waals surface area (Å²) in [6.07, 6.45) is 3.41. The number of aliphatic carboxylic acids is 1. The molecule has 19 heavy (non-hydrogen) atoms. The van der Waals surface area contributed by atoms with Crippen molar-refractivity contribution in [3.63, 3.8) is 0 Å². The van der Waals surface area contributed by atoms with E-state index in [1.165, 1.54) is 0 Å². The van der Waals surface area contributed by atoms with Crippen LogP contribution >= 0.6 is 0 Å².